The van der Waals surface area contributed by atoms with E-state index >= 15 is 0 Å². The van der Waals surface area contributed by atoms with E-state index in [1.165, 1.54) is 6.07 Å². The third kappa shape index (κ3) is 3.84. The summed E-state index contributed by atoms with van der Waals surface area (Å²) in [4.78, 5) is 0.121. The molecule has 118 valence electrons. The molecule has 0 aromatic heterocycles. The maximum absolute atomic E-state index is 12.6. The Labute approximate surface area is 130 Å². The van der Waals surface area contributed by atoms with E-state index in [0.717, 1.165) is 19.3 Å². The number of thioether (sulfide) groups is 1. The van der Waals surface area contributed by atoms with Crippen LogP contribution in [0.1, 0.15) is 26.2 Å². The second-order valence-electron chi connectivity index (χ2n) is 5.07. The number of rotatable bonds is 6. The Morgan fingerprint density at radius 3 is 2.86 bits per heavy atom. The number of ether oxygens (including phenoxy) is 1. The molecule has 1 saturated carbocycles. The van der Waals surface area contributed by atoms with Crippen LogP contribution in [0, 0.1) is 0 Å². The van der Waals surface area contributed by atoms with Crippen LogP contribution in [-0.2, 0) is 10.0 Å². The van der Waals surface area contributed by atoms with E-state index in [9.17, 15) is 8.42 Å². The Morgan fingerprint density at radius 2 is 2.19 bits per heavy atom. The fraction of sp³-hybridized carbons (Fsp3) is 0.571. The Morgan fingerprint density at radius 1 is 1.43 bits per heavy atom. The highest BCUT2D eigenvalue weighted by Crippen LogP contribution is 2.31. The number of nitrogens with one attached hydrogen (secondary N) is 1. The minimum Gasteiger partial charge on any atom is -0.492 e. The van der Waals surface area contributed by atoms with Gasteiger partial charge in [0.1, 0.15) is 10.6 Å². The van der Waals surface area contributed by atoms with E-state index < -0.39 is 10.0 Å². The molecule has 5 nitrogen and oxygen atoms in total. The van der Waals surface area contributed by atoms with E-state index in [4.69, 9.17) is 10.5 Å². The fourth-order valence-corrected chi connectivity index (χ4v) is 5.13. The molecule has 0 spiro atoms. The summed E-state index contributed by atoms with van der Waals surface area (Å²) in [6.07, 6.45) is 4.98. The lowest BCUT2D eigenvalue weighted by atomic mass is 10.3. The molecule has 0 radical (unpaired) electrons. The smallest absolute Gasteiger partial charge is 0.244 e. The molecule has 2 rings (SSSR count). The van der Waals surface area contributed by atoms with Crippen molar-refractivity contribution in [1.82, 2.24) is 4.72 Å². The summed E-state index contributed by atoms with van der Waals surface area (Å²) in [5.41, 5.74) is 6.14. The largest absolute Gasteiger partial charge is 0.492 e. The standard InChI is InChI=1S/C14H22N2O3S2/c1-3-19-12-8-7-10(15)9-14(12)21(17,18)16-11-5-4-6-13(11)20-2/h7-9,11,13,16H,3-6,15H2,1-2H3. The van der Waals surface area contributed by atoms with Crippen LogP contribution in [0.2, 0.25) is 0 Å². The van der Waals surface area contributed by atoms with Crippen molar-refractivity contribution >= 4 is 27.5 Å². The SMILES string of the molecule is CCOc1ccc(N)cc1S(=O)(=O)NC1CCCC1SC. The van der Waals surface area contributed by atoms with Crippen LogP contribution in [-0.4, -0.2) is 32.6 Å². The van der Waals surface area contributed by atoms with E-state index in [2.05, 4.69) is 4.72 Å². The van der Waals surface area contributed by atoms with Crippen molar-refractivity contribution < 1.29 is 13.2 Å². The summed E-state index contributed by atoms with van der Waals surface area (Å²) in [5.74, 6) is 0.345. The van der Waals surface area contributed by atoms with Gasteiger partial charge in [0.25, 0.3) is 0 Å². The molecule has 3 N–H and O–H groups in total. The quantitative estimate of drug-likeness (QED) is 0.782. The first kappa shape index (κ1) is 16.5. The average Bonchev–Trinajstić information content (AvgIpc) is 2.87. The van der Waals surface area contributed by atoms with Crippen LogP contribution in [0.5, 0.6) is 5.75 Å². The molecule has 0 saturated heterocycles. The van der Waals surface area contributed by atoms with Crippen LogP contribution in [0.3, 0.4) is 0 Å². The Balaban J connectivity index is 2.28. The first-order valence-electron chi connectivity index (χ1n) is 7.05. The highest BCUT2D eigenvalue weighted by Gasteiger charge is 2.32. The molecule has 0 bridgehead atoms. The third-order valence-corrected chi connectivity index (χ3v) is 6.30. The van der Waals surface area contributed by atoms with Crippen molar-refractivity contribution in [2.45, 2.75) is 42.4 Å². The predicted octanol–water partition coefficient (Wildman–Crippen LogP) is 2.23. The minimum atomic E-state index is -3.63. The molecule has 0 aliphatic heterocycles. The number of benzene rings is 1. The average molecular weight is 330 g/mol. The van der Waals surface area contributed by atoms with Crippen LogP contribution in [0.4, 0.5) is 5.69 Å². The molecular formula is C14H22N2O3S2. The number of anilines is 1. The van der Waals surface area contributed by atoms with Gasteiger partial charge in [-0.25, -0.2) is 13.1 Å². The zero-order chi connectivity index (χ0) is 15.5. The number of nitrogens with two attached hydrogens (primary N) is 1. The lowest BCUT2D eigenvalue weighted by molar-refractivity contribution is 0.331. The highest BCUT2D eigenvalue weighted by atomic mass is 32.2. The maximum Gasteiger partial charge on any atom is 0.244 e. The van der Waals surface area contributed by atoms with E-state index in [1.807, 2.05) is 13.2 Å². The van der Waals surface area contributed by atoms with Gasteiger partial charge in [0.2, 0.25) is 10.0 Å². The van der Waals surface area contributed by atoms with E-state index in [-0.39, 0.29) is 10.9 Å². The zero-order valence-corrected chi connectivity index (χ0v) is 14.0. The van der Waals surface area contributed by atoms with Gasteiger partial charge in [0.15, 0.2) is 0 Å². The van der Waals surface area contributed by atoms with Crippen LogP contribution in [0.25, 0.3) is 0 Å². The van der Waals surface area contributed by atoms with Crippen molar-refractivity contribution in [3.63, 3.8) is 0 Å². The maximum atomic E-state index is 12.6. The van der Waals surface area contributed by atoms with Crippen LogP contribution in [0.15, 0.2) is 23.1 Å². The molecule has 0 heterocycles. The van der Waals surface area contributed by atoms with Gasteiger partial charge >= 0.3 is 0 Å². The van der Waals surface area contributed by atoms with Gasteiger partial charge in [-0.2, -0.15) is 11.8 Å². The lowest BCUT2D eigenvalue weighted by Crippen LogP contribution is -2.38. The molecule has 1 fully saturated rings. The molecular weight excluding hydrogens is 308 g/mol. The molecule has 2 unspecified atom stereocenters. The van der Waals surface area contributed by atoms with Gasteiger partial charge in [0.05, 0.1) is 6.61 Å². The van der Waals surface area contributed by atoms with Gasteiger partial charge in [-0.1, -0.05) is 6.42 Å². The molecule has 1 aliphatic rings. The number of sulfonamides is 1. The van der Waals surface area contributed by atoms with Crippen LogP contribution < -0.4 is 15.2 Å². The highest BCUT2D eigenvalue weighted by molar-refractivity contribution is 7.99. The topological polar surface area (TPSA) is 81.4 Å². The third-order valence-electron chi connectivity index (χ3n) is 3.62. The van der Waals surface area contributed by atoms with Gasteiger partial charge < -0.3 is 10.5 Å². The summed E-state index contributed by atoms with van der Waals surface area (Å²) >= 11 is 1.71. The van der Waals surface area contributed by atoms with Crippen molar-refractivity contribution in [2.75, 3.05) is 18.6 Å². The molecule has 7 heteroatoms. The number of hydrogen-bond donors (Lipinski definition) is 2. The monoisotopic (exact) mass is 330 g/mol. The minimum absolute atomic E-state index is 0.0269. The molecule has 2 atom stereocenters. The predicted molar refractivity (Wildman–Crippen MR) is 87.3 cm³/mol. The number of nitrogen functional groups attached to an aromatic ring is 1. The van der Waals surface area contributed by atoms with Crippen molar-refractivity contribution in [3.05, 3.63) is 18.2 Å². The van der Waals surface area contributed by atoms with Gasteiger partial charge in [-0.15, -0.1) is 0 Å². The lowest BCUT2D eigenvalue weighted by Gasteiger charge is -2.20. The van der Waals surface area contributed by atoms with E-state index in [1.54, 1.807) is 23.9 Å². The van der Waals surface area contributed by atoms with Gasteiger partial charge in [-0.3, -0.25) is 0 Å². The molecule has 21 heavy (non-hydrogen) atoms. The first-order chi connectivity index (χ1) is 9.97. The molecule has 1 aromatic rings. The van der Waals surface area contributed by atoms with E-state index in [0.29, 0.717) is 23.3 Å². The summed E-state index contributed by atoms with van der Waals surface area (Å²) in [6.45, 7) is 2.23. The second kappa shape index (κ2) is 6.89. The fourth-order valence-electron chi connectivity index (χ4n) is 2.62. The Bertz CT molecular complexity index is 590. The van der Waals surface area contributed by atoms with Gasteiger partial charge in [-0.05, 0) is 44.2 Å². The Kier molecular flexibility index (Phi) is 5.40. The van der Waals surface area contributed by atoms with Gasteiger partial charge in [0, 0.05) is 17.0 Å². The van der Waals surface area contributed by atoms with Crippen molar-refractivity contribution in [1.29, 1.82) is 0 Å². The second-order valence-corrected chi connectivity index (χ2v) is 7.83. The van der Waals surface area contributed by atoms with Crippen LogP contribution >= 0.6 is 11.8 Å². The summed E-state index contributed by atoms with van der Waals surface area (Å²) in [5, 5.41) is 0.330. The number of hydrogen-bond acceptors (Lipinski definition) is 5. The zero-order valence-electron chi connectivity index (χ0n) is 12.3. The normalized spacial score (nSPS) is 22.4. The first-order valence-corrected chi connectivity index (χ1v) is 9.82. The Hall–Kier alpha value is -0.920. The van der Waals surface area contributed by atoms with Crippen molar-refractivity contribution in [2.24, 2.45) is 0 Å². The summed E-state index contributed by atoms with van der Waals surface area (Å²) in [6, 6.07) is 4.68. The molecule has 0 amide bonds. The summed E-state index contributed by atoms with van der Waals surface area (Å²) < 4.78 is 33.5. The molecule has 1 aliphatic carbocycles. The molecule has 1 aromatic carbocycles. The summed E-state index contributed by atoms with van der Waals surface area (Å²) in [7, 11) is -3.63. The van der Waals surface area contributed by atoms with Crippen molar-refractivity contribution in [3.8, 4) is 5.75 Å².